The number of carbonyl (C=O) groups excluding carboxylic acids is 2. The number of rotatable bonds is 4. The first kappa shape index (κ1) is 24.0. The zero-order chi connectivity index (χ0) is 25.4. The number of alkyl halides is 3. The largest absolute Gasteiger partial charge is 0.416 e. The third kappa shape index (κ3) is 4.35. The van der Waals surface area contributed by atoms with Crippen molar-refractivity contribution in [3.63, 3.8) is 0 Å². The van der Waals surface area contributed by atoms with Crippen molar-refractivity contribution in [2.24, 2.45) is 7.05 Å². The van der Waals surface area contributed by atoms with Crippen LogP contribution in [0.5, 0.6) is 0 Å². The molecule has 0 spiro atoms. The van der Waals surface area contributed by atoms with E-state index in [4.69, 9.17) is 0 Å². The maximum Gasteiger partial charge on any atom is 0.416 e. The number of carbonyl (C=O) groups is 2. The Bertz CT molecular complexity index is 1450. The third-order valence-electron chi connectivity index (χ3n) is 6.23. The Labute approximate surface area is 209 Å². The summed E-state index contributed by atoms with van der Waals surface area (Å²) in [6, 6.07) is 20.2. The predicted octanol–water partition coefficient (Wildman–Crippen LogP) is 5.69. The molecule has 1 aromatic heterocycles. The summed E-state index contributed by atoms with van der Waals surface area (Å²) in [7, 11) is 1.86. The van der Waals surface area contributed by atoms with Gasteiger partial charge >= 0.3 is 6.18 Å². The van der Waals surface area contributed by atoms with Crippen LogP contribution in [0.2, 0.25) is 0 Å². The number of nitrogens with one attached hydrogen (secondary N) is 1. The Hall–Kier alpha value is -3.72. The summed E-state index contributed by atoms with van der Waals surface area (Å²) in [4.78, 5) is 28.4. The number of aryl methyl sites for hydroxylation is 1. The second-order valence-corrected chi connectivity index (χ2v) is 9.47. The minimum atomic E-state index is -4.59. The summed E-state index contributed by atoms with van der Waals surface area (Å²) in [5.74, 6) is -0.931. The second kappa shape index (κ2) is 9.39. The summed E-state index contributed by atoms with van der Waals surface area (Å²) in [6.45, 7) is 0.216. The molecule has 0 aliphatic carbocycles. The van der Waals surface area contributed by atoms with E-state index < -0.39 is 29.6 Å². The molecule has 0 saturated heterocycles. The smallest absolute Gasteiger partial charge is 0.350 e. The van der Waals surface area contributed by atoms with Gasteiger partial charge < -0.3 is 9.88 Å². The average molecular weight is 510 g/mol. The monoisotopic (exact) mass is 509 g/mol. The molecule has 184 valence electrons. The number of nitrogens with zero attached hydrogens (tertiary/aromatic N) is 2. The molecule has 0 saturated carbocycles. The molecule has 36 heavy (non-hydrogen) atoms. The van der Waals surface area contributed by atoms with Crippen molar-refractivity contribution in [1.29, 1.82) is 0 Å². The fourth-order valence-electron chi connectivity index (χ4n) is 4.57. The quantitative estimate of drug-likeness (QED) is 0.384. The fourth-order valence-corrected chi connectivity index (χ4v) is 5.63. The van der Waals surface area contributed by atoms with Gasteiger partial charge in [0.25, 0.3) is 0 Å². The van der Waals surface area contributed by atoms with E-state index in [-0.39, 0.29) is 18.0 Å². The number of benzene rings is 3. The zero-order valence-electron chi connectivity index (χ0n) is 19.3. The first-order valence-electron chi connectivity index (χ1n) is 11.3. The molecule has 0 fully saturated rings. The number of anilines is 1. The molecule has 0 unspecified atom stereocenters. The van der Waals surface area contributed by atoms with Crippen LogP contribution >= 0.6 is 11.8 Å². The molecule has 2 heterocycles. The van der Waals surface area contributed by atoms with Gasteiger partial charge in [-0.3, -0.25) is 14.5 Å². The molecule has 1 atom stereocenters. The van der Waals surface area contributed by atoms with Crippen LogP contribution in [-0.4, -0.2) is 22.1 Å². The Morgan fingerprint density at radius 1 is 1.03 bits per heavy atom. The number of fused-ring (bicyclic) bond motifs is 3. The number of aromatic nitrogens is 1. The van der Waals surface area contributed by atoms with Gasteiger partial charge in [0.2, 0.25) is 11.8 Å². The molecule has 5 nitrogen and oxygen atoms in total. The number of halogens is 3. The van der Waals surface area contributed by atoms with E-state index in [1.807, 2.05) is 66.2 Å². The van der Waals surface area contributed by atoms with E-state index >= 15 is 0 Å². The fraction of sp³-hybridized carbons (Fsp3) is 0.185. The molecule has 0 bridgehead atoms. The van der Waals surface area contributed by atoms with Crippen molar-refractivity contribution >= 4 is 40.2 Å². The number of hydrogen-bond donors (Lipinski definition) is 1. The van der Waals surface area contributed by atoms with Gasteiger partial charge in [0.1, 0.15) is 6.04 Å². The van der Waals surface area contributed by atoms with Gasteiger partial charge in [-0.05, 0) is 29.8 Å². The third-order valence-corrected chi connectivity index (χ3v) is 7.39. The molecule has 2 amide bonds. The van der Waals surface area contributed by atoms with Gasteiger partial charge in [0, 0.05) is 35.7 Å². The van der Waals surface area contributed by atoms with Gasteiger partial charge in [-0.2, -0.15) is 13.2 Å². The molecule has 1 aliphatic rings. The number of para-hydroxylation sites is 1. The Balaban J connectivity index is 1.67. The topological polar surface area (TPSA) is 54.3 Å². The molecule has 9 heteroatoms. The molecule has 5 rings (SSSR count). The number of hydrogen-bond acceptors (Lipinski definition) is 3. The molecule has 1 aliphatic heterocycles. The molecule has 4 aromatic rings. The summed E-state index contributed by atoms with van der Waals surface area (Å²) in [5.41, 5.74) is 1.48. The predicted molar refractivity (Wildman–Crippen MR) is 134 cm³/mol. The van der Waals surface area contributed by atoms with Crippen LogP contribution in [0.25, 0.3) is 10.9 Å². The minimum Gasteiger partial charge on any atom is -0.350 e. The van der Waals surface area contributed by atoms with Crippen molar-refractivity contribution in [2.75, 3.05) is 10.7 Å². The zero-order valence-corrected chi connectivity index (χ0v) is 20.1. The highest BCUT2D eigenvalue weighted by atomic mass is 32.2. The van der Waals surface area contributed by atoms with Gasteiger partial charge in [-0.25, -0.2) is 0 Å². The van der Waals surface area contributed by atoms with Gasteiger partial charge in [0.05, 0.1) is 16.3 Å². The lowest BCUT2D eigenvalue weighted by Crippen LogP contribution is -2.44. The first-order chi connectivity index (χ1) is 17.3. The van der Waals surface area contributed by atoms with Crippen LogP contribution in [0, 0.1) is 0 Å². The highest BCUT2D eigenvalue weighted by molar-refractivity contribution is 8.00. The van der Waals surface area contributed by atoms with E-state index in [1.54, 1.807) is 0 Å². The molecule has 1 N–H and O–H groups in total. The van der Waals surface area contributed by atoms with Crippen LogP contribution < -0.4 is 10.2 Å². The van der Waals surface area contributed by atoms with Crippen LogP contribution in [0.4, 0.5) is 18.9 Å². The standard InChI is InChI=1S/C27H22F3N3O2S/c1-32-21-13-6-5-12-20(21)23-24(25(35)31-15-17-8-3-2-4-9-17)33(22(34)16-36-26(23)32)19-11-7-10-18(14-19)27(28,29)30/h2-14,24H,15-16H2,1H3,(H,31,35)/t24-/m0/s1. The Kier molecular flexibility index (Phi) is 6.26. The minimum absolute atomic E-state index is 0.0180. The maximum atomic E-state index is 13.8. The maximum absolute atomic E-state index is 13.8. The number of thioether (sulfide) groups is 1. The highest BCUT2D eigenvalue weighted by Crippen LogP contribution is 2.44. The normalized spacial score (nSPS) is 16.1. The summed E-state index contributed by atoms with van der Waals surface area (Å²) in [6.07, 6.45) is -4.59. The van der Waals surface area contributed by atoms with E-state index in [0.29, 0.717) is 5.56 Å². The van der Waals surface area contributed by atoms with Crippen molar-refractivity contribution in [2.45, 2.75) is 23.8 Å². The van der Waals surface area contributed by atoms with Crippen molar-refractivity contribution < 1.29 is 22.8 Å². The van der Waals surface area contributed by atoms with Crippen LogP contribution in [0.3, 0.4) is 0 Å². The van der Waals surface area contributed by atoms with Crippen LogP contribution in [-0.2, 0) is 29.4 Å². The SMILES string of the molecule is Cn1c2c(c3ccccc31)[C@@H](C(=O)NCc1ccccc1)N(c1cccc(C(F)(F)F)c1)C(=O)CS2. The average Bonchev–Trinajstić information content (AvgIpc) is 3.05. The first-order valence-corrected chi connectivity index (χ1v) is 12.3. The van der Waals surface area contributed by atoms with Crippen molar-refractivity contribution in [1.82, 2.24) is 9.88 Å². The lowest BCUT2D eigenvalue weighted by molar-refractivity contribution is -0.137. The van der Waals surface area contributed by atoms with Crippen LogP contribution in [0.15, 0.2) is 83.9 Å². The summed E-state index contributed by atoms with van der Waals surface area (Å²) >= 11 is 1.28. The van der Waals surface area contributed by atoms with E-state index in [1.165, 1.54) is 28.8 Å². The van der Waals surface area contributed by atoms with Gasteiger partial charge in [0.15, 0.2) is 0 Å². The lowest BCUT2D eigenvalue weighted by atomic mass is 10.0. The van der Waals surface area contributed by atoms with Gasteiger partial charge in [-0.15, -0.1) is 0 Å². The molecule has 3 aromatic carbocycles. The van der Waals surface area contributed by atoms with E-state index in [2.05, 4.69) is 5.32 Å². The lowest BCUT2D eigenvalue weighted by Gasteiger charge is -2.30. The number of amides is 2. The Morgan fingerprint density at radius 3 is 2.50 bits per heavy atom. The van der Waals surface area contributed by atoms with Crippen molar-refractivity contribution in [3.05, 3.63) is 95.6 Å². The van der Waals surface area contributed by atoms with E-state index in [9.17, 15) is 22.8 Å². The highest BCUT2D eigenvalue weighted by Gasteiger charge is 2.40. The van der Waals surface area contributed by atoms with Crippen LogP contribution in [0.1, 0.15) is 22.7 Å². The van der Waals surface area contributed by atoms with Crippen molar-refractivity contribution in [3.8, 4) is 0 Å². The second-order valence-electron chi connectivity index (χ2n) is 8.50. The molecular formula is C27H22F3N3O2S. The summed E-state index contributed by atoms with van der Waals surface area (Å²) in [5, 5.41) is 4.41. The molecular weight excluding hydrogens is 487 g/mol. The Morgan fingerprint density at radius 2 is 1.75 bits per heavy atom. The van der Waals surface area contributed by atoms with Gasteiger partial charge in [-0.1, -0.05) is 66.4 Å². The molecule has 0 radical (unpaired) electrons. The summed E-state index contributed by atoms with van der Waals surface area (Å²) < 4.78 is 42.5. The van der Waals surface area contributed by atoms with E-state index in [0.717, 1.165) is 33.6 Å².